The minimum Gasteiger partial charge on any atom is -0.495 e. The minimum absolute atomic E-state index is 0.0468. The first-order valence-electron chi connectivity index (χ1n) is 11.8. The number of nitrogens with one attached hydrogen (secondary N) is 1. The monoisotopic (exact) mass is 507 g/mol. The van der Waals surface area contributed by atoms with E-state index in [1.165, 1.54) is 6.20 Å². The number of carbonyl (C=O) groups is 2. The number of anilines is 2. The lowest BCUT2D eigenvalue weighted by Crippen LogP contribution is -2.47. The van der Waals surface area contributed by atoms with Crippen molar-refractivity contribution in [1.82, 2.24) is 9.78 Å². The molecule has 1 saturated carbocycles. The van der Waals surface area contributed by atoms with Gasteiger partial charge in [-0.2, -0.15) is 10.4 Å². The Morgan fingerprint density at radius 1 is 1.27 bits per heavy atom. The molecule has 8 nitrogen and oxygen atoms in total. The van der Waals surface area contributed by atoms with E-state index < -0.39 is 11.8 Å². The van der Waals surface area contributed by atoms with E-state index >= 15 is 0 Å². The molecule has 1 N–H and O–H groups in total. The maximum Gasteiger partial charge on any atom is 0.277 e. The maximum absolute atomic E-state index is 13.0. The third-order valence-corrected chi connectivity index (χ3v) is 6.55. The van der Waals surface area contributed by atoms with Crippen LogP contribution in [0.2, 0.25) is 0 Å². The lowest BCUT2D eigenvalue weighted by molar-refractivity contribution is 0.0940. The van der Waals surface area contributed by atoms with Crippen LogP contribution in [0.25, 0.3) is 0 Å². The largest absolute Gasteiger partial charge is 0.495 e. The lowest BCUT2D eigenvalue weighted by atomic mass is 10.1. The summed E-state index contributed by atoms with van der Waals surface area (Å²) in [5, 5.41) is 15.7. The number of hydrogen-bond donors (Lipinski definition) is 1. The second-order valence-corrected chi connectivity index (χ2v) is 9.08. The van der Waals surface area contributed by atoms with Crippen LogP contribution < -0.4 is 15.0 Å². The van der Waals surface area contributed by atoms with E-state index in [0.717, 1.165) is 11.3 Å². The number of amides is 1. The predicted octanol–water partition coefficient (Wildman–Crippen LogP) is 4.55. The van der Waals surface area contributed by atoms with Crippen LogP contribution >= 0.6 is 0 Å². The molecule has 3 aromatic rings. The number of ether oxygens (including phenoxy) is 1. The van der Waals surface area contributed by atoms with Gasteiger partial charge in [-0.05, 0) is 49.2 Å². The summed E-state index contributed by atoms with van der Waals surface area (Å²) >= 11 is 0. The Kier molecular flexibility index (Phi) is 7.25. The van der Waals surface area contributed by atoms with Crippen LogP contribution in [-0.4, -0.2) is 48.1 Å². The fourth-order valence-corrected chi connectivity index (χ4v) is 4.40. The van der Waals surface area contributed by atoms with E-state index in [4.69, 9.17) is 10.00 Å². The van der Waals surface area contributed by atoms with Gasteiger partial charge in [0.15, 0.2) is 6.29 Å². The topological polar surface area (TPSA) is 100 Å². The molecule has 2 atom stereocenters. The summed E-state index contributed by atoms with van der Waals surface area (Å²) in [4.78, 5) is 25.6. The molecule has 192 valence electrons. The standard InChI is InChI=1S/C18H17F2N3O2.C9H10N2O/c1-11-9-22-16(13(10-24)8-21-22)17(25)23(11)15-4-2-12(3-5-15)6-14-7-18(14,19)20;1-11-8-3-4-9(12-2)7(5-8)6-10/h2-5,8,10-11,14H,6-7,9H2,1H3;3-5,11H,1-2H3/t11-,14?;/m0./s1. The fraction of sp³-hybridized carbons (Fsp3) is 0.333. The van der Waals surface area contributed by atoms with Gasteiger partial charge in [0.05, 0.1) is 37.0 Å². The van der Waals surface area contributed by atoms with Gasteiger partial charge in [0.2, 0.25) is 0 Å². The summed E-state index contributed by atoms with van der Waals surface area (Å²) in [6.07, 6.45) is 2.33. The lowest BCUT2D eigenvalue weighted by Gasteiger charge is -2.34. The van der Waals surface area contributed by atoms with E-state index in [1.54, 1.807) is 53.1 Å². The number of benzene rings is 2. The number of nitriles is 1. The number of aromatic nitrogens is 2. The van der Waals surface area contributed by atoms with E-state index in [2.05, 4.69) is 16.5 Å². The van der Waals surface area contributed by atoms with Gasteiger partial charge in [0, 0.05) is 30.8 Å². The first-order chi connectivity index (χ1) is 17.7. The molecule has 0 spiro atoms. The van der Waals surface area contributed by atoms with Crippen molar-refractivity contribution in [2.24, 2.45) is 5.92 Å². The summed E-state index contributed by atoms with van der Waals surface area (Å²) in [6, 6.07) is 14.4. The van der Waals surface area contributed by atoms with Crippen LogP contribution in [0.5, 0.6) is 5.75 Å². The van der Waals surface area contributed by atoms with E-state index in [1.807, 2.05) is 20.0 Å². The number of fused-ring (bicyclic) bond motifs is 1. The average Bonchev–Trinajstić information content (AvgIpc) is 3.29. The van der Waals surface area contributed by atoms with Gasteiger partial charge in [0.1, 0.15) is 17.5 Å². The molecule has 2 heterocycles. The van der Waals surface area contributed by atoms with Gasteiger partial charge < -0.3 is 15.0 Å². The van der Waals surface area contributed by atoms with Crippen molar-refractivity contribution in [3.05, 3.63) is 71.0 Å². The Labute approximate surface area is 213 Å². The molecule has 37 heavy (non-hydrogen) atoms. The van der Waals surface area contributed by atoms with Gasteiger partial charge in [0.25, 0.3) is 11.8 Å². The minimum atomic E-state index is -2.53. The molecule has 1 unspecified atom stereocenters. The van der Waals surface area contributed by atoms with E-state index in [-0.39, 0.29) is 29.6 Å². The molecule has 5 rings (SSSR count). The van der Waals surface area contributed by atoms with Gasteiger partial charge in [-0.3, -0.25) is 14.3 Å². The first kappa shape index (κ1) is 25.8. The summed E-state index contributed by atoms with van der Waals surface area (Å²) in [5.41, 5.74) is 3.54. The van der Waals surface area contributed by atoms with Crippen LogP contribution in [0.3, 0.4) is 0 Å². The second kappa shape index (κ2) is 10.4. The molecule has 1 aliphatic heterocycles. The van der Waals surface area contributed by atoms with Crippen molar-refractivity contribution in [2.75, 3.05) is 24.4 Å². The number of aldehydes is 1. The number of alkyl halides is 2. The molecule has 0 saturated heterocycles. The van der Waals surface area contributed by atoms with Crippen molar-refractivity contribution in [3.63, 3.8) is 0 Å². The number of rotatable bonds is 6. The molecule has 2 aromatic carbocycles. The molecule has 0 radical (unpaired) electrons. The Morgan fingerprint density at radius 2 is 1.97 bits per heavy atom. The van der Waals surface area contributed by atoms with Crippen molar-refractivity contribution >= 4 is 23.6 Å². The highest BCUT2D eigenvalue weighted by molar-refractivity contribution is 6.10. The molecule has 10 heteroatoms. The predicted molar refractivity (Wildman–Crippen MR) is 134 cm³/mol. The molecule has 1 amide bonds. The molecule has 2 aliphatic rings. The number of halogens is 2. The fourth-order valence-electron chi connectivity index (χ4n) is 4.40. The summed E-state index contributed by atoms with van der Waals surface area (Å²) in [5.74, 6) is -2.77. The van der Waals surface area contributed by atoms with Crippen LogP contribution in [0.15, 0.2) is 48.7 Å². The van der Waals surface area contributed by atoms with Gasteiger partial charge in [-0.15, -0.1) is 0 Å². The van der Waals surface area contributed by atoms with E-state index in [0.29, 0.717) is 36.3 Å². The third-order valence-electron chi connectivity index (χ3n) is 6.55. The van der Waals surface area contributed by atoms with Crippen molar-refractivity contribution in [1.29, 1.82) is 5.26 Å². The SMILES string of the molecule is CNc1ccc(OC)c(C#N)c1.C[C@H]1Cn2ncc(C=O)c2C(=O)N1c1ccc(CC2CC2(F)F)cc1. The molecule has 1 fully saturated rings. The molecular weight excluding hydrogens is 480 g/mol. The summed E-state index contributed by atoms with van der Waals surface area (Å²) in [6.45, 7) is 2.40. The van der Waals surface area contributed by atoms with Crippen LogP contribution in [0.4, 0.5) is 20.2 Å². The Morgan fingerprint density at radius 3 is 2.54 bits per heavy atom. The van der Waals surface area contributed by atoms with Crippen LogP contribution in [-0.2, 0) is 13.0 Å². The van der Waals surface area contributed by atoms with Crippen molar-refractivity contribution < 1.29 is 23.1 Å². The van der Waals surface area contributed by atoms with Gasteiger partial charge in [-0.25, -0.2) is 8.78 Å². The normalized spacial score (nSPS) is 19.1. The summed E-state index contributed by atoms with van der Waals surface area (Å²) in [7, 11) is 3.36. The first-order valence-corrected chi connectivity index (χ1v) is 11.8. The summed E-state index contributed by atoms with van der Waals surface area (Å²) < 4.78 is 32.6. The Bertz CT molecular complexity index is 1350. The highest BCUT2D eigenvalue weighted by Gasteiger charge is 2.56. The van der Waals surface area contributed by atoms with E-state index in [9.17, 15) is 18.4 Å². The zero-order valence-electron chi connectivity index (χ0n) is 20.7. The number of carbonyl (C=O) groups excluding carboxylic acids is 2. The molecular formula is C27H27F2N5O3. The molecule has 0 bridgehead atoms. The smallest absolute Gasteiger partial charge is 0.277 e. The number of methoxy groups -OCH3 is 1. The third kappa shape index (κ3) is 5.31. The number of hydrogen-bond acceptors (Lipinski definition) is 6. The highest BCUT2D eigenvalue weighted by Crippen LogP contribution is 2.50. The second-order valence-electron chi connectivity index (χ2n) is 9.08. The Hall–Kier alpha value is -4.26. The van der Waals surface area contributed by atoms with Crippen molar-refractivity contribution in [2.45, 2.75) is 38.3 Å². The number of nitrogens with zero attached hydrogens (tertiary/aromatic N) is 4. The maximum atomic E-state index is 13.0. The average molecular weight is 508 g/mol. The molecule has 1 aromatic heterocycles. The van der Waals surface area contributed by atoms with Crippen LogP contribution in [0, 0.1) is 17.2 Å². The van der Waals surface area contributed by atoms with Gasteiger partial charge >= 0.3 is 0 Å². The quantitative estimate of drug-likeness (QED) is 0.492. The molecule has 1 aliphatic carbocycles. The zero-order valence-corrected chi connectivity index (χ0v) is 20.7. The van der Waals surface area contributed by atoms with Gasteiger partial charge in [-0.1, -0.05) is 12.1 Å². The highest BCUT2D eigenvalue weighted by atomic mass is 19.3. The zero-order chi connectivity index (χ0) is 26.7. The van der Waals surface area contributed by atoms with Crippen molar-refractivity contribution in [3.8, 4) is 11.8 Å². The van der Waals surface area contributed by atoms with Crippen LogP contribution in [0.1, 0.15) is 45.3 Å². The Balaban J connectivity index is 0.000000225.